The number of rotatable bonds is 2. The number of hydrogen-bond donors (Lipinski definition) is 0. The minimum Gasteiger partial charge on any atom is -0.301 e. The number of benzene rings is 2. The quantitative estimate of drug-likeness (QED) is 0.453. The van der Waals surface area contributed by atoms with Crippen molar-refractivity contribution in [2.24, 2.45) is 0 Å². The van der Waals surface area contributed by atoms with Crippen LogP contribution in [0.15, 0.2) is 36.4 Å². The van der Waals surface area contributed by atoms with Crippen molar-refractivity contribution in [1.82, 2.24) is 4.98 Å². The van der Waals surface area contributed by atoms with E-state index in [1.165, 1.54) is 0 Å². The zero-order chi connectivity index (χ0) is 12.5. The number of fused-ring (bicyclic) bond motifs is 3. The molecule has 0 unspecified atom stereocenters. The normalized spacial score (nSPS) is 10.6. The van der Waals surface area contributed by atoms with Crippen LogP contribution >= 0.6 is 0 Å². The molecule has 0 aliphatic heterocycles. The largest absolute Gasteiger partial charge is 0.301 e. The van der Waals surface area contributed by atoms with Crippen LogP contribution in [0, 0.1) is 19.9 Å². The molecule has 0 spiro atoms. The van der Waals surface area contributed by atoms with Crippen molar-refractivity contribution < 1.29 is 20.1 Å². The van der Waals surface area contributed by atoms with Gasteiger partial charge in [0.1, 0.15) is 0 Å². The minimum absolute atomic E-state index is 0. The number of aromatic nitrogens is 1. The Kier molecular flexibility index (Phi) is 4.34. The molecule has 95 valence electrons. The van der Waals surface area contributed by atoms with Crippen molar-refractivity contribution in [3.8, 4) is 0 Å². The topological polar surface area (TPSA) is 12.9 Å². The summed E-state index contributed by atoms with van der Waals surface area (Å²) < 4.78 is 0. The summed E-state index contributed by atoms with van der Waals surface area (Å²) in [5.41, 5.74) is 2.84. The average Bonchev–Trinajstić information content (AvgIpc) is 2.45. The summed E-state index contributed by atoms with van der Waals surface area (Å²) >= 11 is 0. The van der Waals surface area contributed by atoms with E-state index in [1.54, 1.807) is 0 Å². The summed E-state index contributed by atoms with van der Waals surface area (Å²) in [5, 5.41) is 3.25. The Bertz CT molecular complexity index is 656. The smallest absolute Gasteiger partial charge is 0.0300 e. The SMILES string of the molecule is [CH]Cc1[c-]c2c(cc1)ccc1ccc(C[CH])nc12.[Ir]. The third kappa shape index (κ3) is 2.56. The Morgan fingerprint density at radius 3 is 2.32 bits per heavy atom. The first-order valence-corrected chi connectivity index (χ1v) is 5.95. The summed E-state index contributed by atoms with van der Waals surface area (Å²) in [5.74, 6) is 0. The molecule has 0 fully saturated rings. The summed E-state index contributed by atoms with van der Waals surface area (Å²) in [4.78, 5) is 4.60. The van der Waals surface area contributed by atoms with Crippen molar-refractivity contribution in [2.45, 2.75) is 12.8 Å². The van der Waals surface area contributed by atoms with Gasteiger partial charge in [0.15, 0.2) is 0 Å². The fourth-order valence-electron chi connectivity index (χ4n) is 2.14. The first-order valence-electron chi connectivity index (χ1n) is 5.95. The predicted octanol–water partition coefficient (Wildman–Crippen LogP) is 3.69. The fourth-order valence-corrected chi connectivity index (χ4v) is 2.14. The van der Waals surface area contributed by atoms with E-state index in [-0.39, 0.29) is 20.1 Å². The summed E-state index contributed by atoms with van der Waals surface area (Å²) in [6.45, 7) is 11.3. The molecule has 0 saturated carbocycles. The average molecular weight is 423 g/mol. The van der Waals surface area contributed by atoms with Crippen LogP contribution in [0.4, 0.5) is 0 Å². The summed E-state index contributed by atoms with van der Waals surface area (Å²) in [6, 6.07) is 15.6. The van der Waals surface area contributed by atoms with Crippen molar-refractivity contribution >= 4 is 21.7 Å². The molecule has 0 amide bonds. The van der Waals surface area contributed by atoms with Crippen LogP contribution in [-0.2, 0) is 32.9 Å². The van der Waals surface area contributed by atoms with Crippen molar-refractivity contribution in [2.75, 3.05) is 0 Å². The van der Waals surface area contributed by atoms with Gasteiger partial charge in [-0.05, 0) is 43.7 Å². The van der Waals surface area contributed by atoms with Gasteiger partial charge in [-0.1, -0.05) is 18.2 Å². The predicted molar refractivity (Wildman–Crippen MR) is 74.1 cm³/mol. The molecule has 0 saturated heterocycles. The second kappa shape index (κ2) is 5.81. The van der Waals surface area contributed by atoms with E-state index < -0.39 is 0 Å². The summed E-state index contributed by atoms with van der Waals surface area (Å²) in [7, 11) is 0. The zero-order valence-corrected chi connectivity index (χ0v) is 12.7. The van der Waals surface area contributed by atoms with E-state index in [0.717, 1.165) is 32.9 Å². The van der Waals surface area contributed by atoms with Gasteiger partial charge in [-0.3, -0.25) is 0 Å². The van der Waals surface area contributed by atoms with Crippen LogP contribution in [-0.4, -0.2) is 4.98 Å². The van der Waals surface area contributed by atoms with Gasteiger partial charge in [-0.25, -0.2) is 0 Å². The second-order valence-corrected chi connectivity index (χ2v) is 4.30. The van der Waals surface area contributed by atoms with E-state index in [1.807, 2.05) is 18.2 Å². The molecular weight excluding hydrogens is 410 g/mol. The van der Waals surface area contributed by atoms with Gasteiger partial charge in [-0.2, -0.15) is 0 Å². The van der Waals surface area contributed by atoms with E-state index in [4.69, 9.17) is 13.8 Å². The Morgan fingerprint density at radius 2 is 1.58 bits per heavy atom. The van der Waals surface area contributed by atoms with Gasteiger partial charge < -0.3 is 4.98 Å². The fraction of sp³-hybridized carbons (Fsp3) is 0.118. The van der Waals surface area contributed by atoms with Crippen LogP contribution in [0.25, 0.3) is 21.7 Å². The van der Waals surface area contributed by atoms with Crippen LogP contribution in [0.5, 0.6) is 0 Å². The summed E-state index contributed by atoms with van der Waals surface area (Å²) in [6.07, 6.45) is 0.936. The Balaban J connectivity index is 0.00000133. The van der Waals surface area contributed by atoms with E-state index in [9.17, 15) is 0 Å². The minimum atomic E-state index is 0. The van der Waals surface area contributed by atoms with Gasteiger partial charge in [0, 0.05) is 25.8 Å². The third-order valence-electron chi connectivity index (χ3n) is 3.13. The third-order valence-corrected chi connectivity index (χ3v) is 3.13. The van der Waals surface area contributed by atoms with Gasteiger partial charge in [0.25, 0.3) is 0 Å². The standard InChI is InChI=1S/C17H12N.Ir/c1-3-12-5-6-13-7-8-14-9-10-15(4-2)18-17(14)16(13)11-12;/h1-2,5-10H,3-4H2;/q-1;. The van der Waals surface area contributed by atoms with E-state index in [2.05, 4.69) is 29.2 Å². The molecule has 19 heavy (non-hydrogen) atoms. The number of nitrogens with zero attached hydrogens (tertiary/aromatic N) is 1. The van der Waals surface area contributed by atoms with Crippen molar-refractivity contribution in [3.05, 3.63) is 67.6 Å². The van der Waals surface area contributed by atoms with Crippen LogP contribution in [0.3, 0.4) is 0 Å². The Hall–Kier alpha value is -1.24. The molecule has 1 heterocycles. The molecule has 1 aromatic heterocycles. The number of pyridine rings is 1. The molecule has 0 N–H and O–H groups in total. The number of hydrogen-bond acceptors (Lipinski definition) is 1. The first kappa shape index (κ1) is 14.2. The van der Waals surface area contributed by atoms with E-state index in [0.29, 0.717) is 12.8 Å². The maximum Gasteiger partial charge on any atom is 0.0300 e. The van der Waals surface area contributed by atoms with Crippen LogP contribution in [0.2, 0.25) is 0 Å². The molecule has 3 rings (SSSR count). The molecular formula is C17H12IrN-. The molecule has 0 aliphatic rings. The molecule has 2 aromatic carbocycles. The Labute approximate surface area is 127 Å². The van der Waals surface area contributed by atoms with Gasteiger partial charge in [-0.15, -0.1) is 34.5 Å². The van der Waals surface area contributed by atoms with Crippen molar-refractivity contribution in [3.63, 3.8) is 0 Å². The molecule has 5 radical (unpaired) electrons. The monoisotopic (exact) mass is 423 g/mol. The van der Waals surface area contributed by atoms with Gasteiger partial charge >= 0.3 is 0 Å². The maximum atomic E-state index is 5.67. The first-order chi connectivity index (χ1) is 8.81. The molecule has 0 atom stereocenters. The molecule has 0 aliphatic carbocycles. The van der Waals surface area contributed by atoms with Crippen LogP contribution < -0.4 is 0 Å². The van der Waals surface area contributed by atoms with Crippen molar-refractivity contribution in [1.29, 1.82) is 0 Å². The molecule has 3 aromatic rings. The van der Waals surface area contributed by atoms with Gasteiger partial charge in [0.2, 0.25) is 0 Å². The molecule has 2 heteroatoms. The molecule has 0 bridgehead atoms. The zero-order valence-electron chi connectivity index (χ0n) is 10.3. The Morgan fingerprint density at radius 1 is 0.895 bits per heavy atom. The van der Waals surface area contributed by atoms with Gasteiger partial charge in [0.05, 0.1) is 0 Å². The molecule has 1 nitrogen and oxygen atoms in total. The van der Waals surface area contributed by atoms with E-state index >= 15 is 0 Å². The van der Waals surface area contributed by atoms with Crippen LogP contribution in [0.1, 0.15) is 11.3 Å². The maximum absolute atomic E-state index is 5.67. The second-order valence-electron chi connectivity index (χ2n) is 4.30.